The van der Waals surface area contributed by atoms with E-state index < -0.39 is 15.2 Å². The van der Waals surface area contributed by atoms with E-state index in [0.717, 1.165) is 0 Å². The normalized spacial score (nSPS) is 8.94. The molecule has 1 aromatic rings. The van der Waals surface area contributed by atoms with Gasteiger partial charge in [-0.3, -0.25) is 10.1 Å². The van der Waals surface area contributed by atoms with Gasteiger partial charge in [-0.1, -0.05) is 44.2 Å². The van der Waals surface area contributed by atoms with Gasteiger partial charge >= 0.3 is 5.49 Å². The molecule has 0 unspecified atom stereocenters. The summed E-state index contributed by atoms with van der Waals surface area (Å²) >= 11 is 0. The van der Waals surface area contributed by atoms with Crippen LogP contribution in [0.2, 0.25) is 0 Å². The van der Waals surface area contributed by atoms with Gasteiger partial charge in [0.15, 0.2) is 0 Å². The van der Waals surface area contributed by atoms with Gasteiger partial charge in [0.25, 0.3) is 10.3 Å². The first kappa shape index (κ1) is 14.3. The first-order chi connectivity index (χ1) is 7.43. The zero-order chi connectivity index (χ0) is 12.6. The molecule has 0 radical (unpaired) electrons. The first-order valence-electron chi connectivity index (χ1n) is 4.55. The smallest absolute Gasteiger partial charge is 0.258 e. The van der Waals surface area contributed by atoms with Crippen molar-refractivity contribution in [3.63, 3.8) is 0 Å². The summed E-state index contributed by atoms with van der Waals surface area (Å²) < 4.78 is 18.6. The highest BCUT2D eigenvalue weighted by Crippen LogP contribution is 2.11. The minimum Gasteiger partial charge on any atom is -0.258 e. The highest BCUT2D eigenvalue weighted by Gasteiger charge is 1.93. The molecule has 0 N–H and O–H groups in total. The molecule has 1 rings (SSSR count). The average molecular weight is 243 g/mol. The monoisotopic (exact) mass is 243 g/mol. The highest BCUT2D eigenvalue weighted by atomic mass is 32.2. The molecule has 0 aliphatic heterocycles. The fraction of sp³-hybridized carbons (Fsp3) is 0.300. The number of hydrogen-bond acceptors (Lipinski definition) is 4. The van der Waals surface area contributed by atoms with Crippen molar-refractivity contribution in [2.24, 2.45) is 0 Å². The van der Waals surface area contributed by atoms with Crippen LogP contribution >= 0.6 is 0 Å². The molecule has 0 saturated heterocycles. The number of nitrogens with zero attached hydrogens (tertiary/aromatic N) is 1. The van der Waals surface area contributed by atoms with Gasteiger partial charge in [-0.05, 0) is 11.5 Å². The summed E-state index contributed by atoms with van der Waals surface area (Å²) in [7, 11) is -2.67. The van der Waals surface area contributed by atoms with Gasteiger partial charge in [-0.2, -0.15) is 8.42 Å². The van der Waals surface area contributed by atoms with Crippen molar-refractivity contribution in [3.05, 3.63) is 46.0 Å². The molecule has 0 aliphatic carbocycles. The number of rotatable bonds is 2. The minimum atomic E-state index is -2.67. The van der Waals surface area contributed by atoms with Crippen LogP contribution in [0.4, 0.5) is 0 Å². The van der Waals surface area contributed by atoms with Gasteiger partial charge in [0.1, 0.15) is 0 Å². The predicted octanol–water partition coefficient (Wildman–Crippen LogP) is 1.71. The molecule has 0 bridgehead atoms. The Morgan fingerprint density at radius 3 is 1.94 bits per heavy atom. The maximum atomic E-state index is 9.31. The van der Waals surface area contributed by atoms with Crippen LogP contribution in [0.5, 0.6) is 0 Å². The summed E-state index contributed by atoms with van der Waals surface area (Å²) in [5.74, 6) is 0.659. The van der Waals surface area contributed by atoms with E-state index in [2.05, 4.69) is 38.1 Å². The lowest BCUT2D eigenvalue weighted by atomic mass is 10.0. The van der Waals surface area contributed by atoms with Crippen LogP contribution < -0.4 is 0 Å². The second-order valence-corrected chi connectivity index (χ2v) is 3.95. The van der Waals surface area contributed by atoms with Crippen molar-refractivity contribution in [2.75, 3.05) is 0 Å². The van der Waals surface area contributed by atoms with Crippen LogP contribution in [0.15, 0.2) is 30.3 Å². The Labute approximate surface area is 95.4 Å². The second kappa shape index (κ2) is 7.58. The molecule has 0 aromatic heterocycles. The van der Waals surface area contributed by atoms with Crippen LogP contribution in [0.3, 0.4) is 0 Å². The standard InChI is InChI=1S/C9H12.CHNO4S/c1-8(2)9-6-4-3-5-7-9;3-2(4)1-7(5)6/h3-8H,1-2H3;1H. The molecule has 0 saturated carbocycles. The lowest BCUT2D eigenvalue weighted by Crippen LogP contribution is -1.91. The van der Waals surface area contributed by atoms with Crippen molar-refractivity contribution >= 4 is 15.8 Å². The SMILES string of the molecule is CC(C)c1ccccc1.O=[N+]([O-])C=S(=O)=O. The molecule has 5 nitrogen and oxygen atoms in total. The zero-order valence-electron chi connectivity index (χ0n) is 9.03. The molecule has 16 heavy (non-hydrogen) atoms. The lowest BCUT2D eigenvalue weighted by molar-refractivity contribution is -0.334. The van der Waals surface area contributed by atoms with E-state index in [1.807, 2.05) is 6.07 Å². The molecule has 88 valence electrons. The van der Waals surface area contributed by atoms with E-state index in [0.29, 0.717) is 5.92 Å². The quantitative estimate of drug-likeness (QED) is 0.450. The van der Waals surface area contributed by atoms with Crippen LogP contribution in [0.1, 0.15) is 25.3 Å². The summed E-state index contributed by atoms with van der Waals surface area (Å²) in [5, 5.41) is 9.17. The highest BCUT2D eigenvalue weighted by molar-refractivity contribution is 7.71. The van der Waals surface area contributed by atoms with Crippen LogP contribution in [0, 0.1) is 10.1 Å². The Kier molecular flexibility index (Phi) is 6.78. The molecule has 0 heterocycles. The third-order valence-electron chi connectivity index (χ3n) is 1.64. The van der Waals surface area contributed by atoms with E-state index in [1.54, 1.807) is 0 Å². The Balaban J connectivity index is 0.000000293. The summed E-state index contributed by atoms with van der Waals surface area (Å²) in [6.07, 6.45) is 0. The van der Waals surface area contributed by atoms with E-state index in [1.165, 1.54) is 5.56 Å². The maximum absolute atomic E-state index is 9.31. The maximum Gasteiger partial charge on any atom is 0.351 e. The van der Waals surface area contributed by atoms with Gasteiger partial charge in [-0.25, -0.2) is 0 Å². The zero-order valence-corrected chi connectivity index (χ0v) is 9.85. The van der Waals surface area contributed by atoms with Crippen LogP contribution in [-0.4, -0.2) is 18.8 Å². The van der Waals surface area contributed by atoms with Crippen molar-refractivity contribution in [1.82, 2.24) is 0 Å². The molecule has 0 amide bonds. The van der Waals surface area contributed by atoms with Gasteiger partial charge in [0, 0.05) is 0 Å². The Morgan fingerprint density at radius 2 is 1.75 bits per heavy atom. The van der Waals surface area contributed by atoms with Crippen molar-refractivity contribution in [2.45, 2.75) is 19.8 Å². The Hall–Kier alpha value is -1.69. The topological polar surface area (TPSA) is 77.3 Å². The number of hydrogen-bond donors (Lipinski definition) is 0. The van der Waals surface area contributed by atoms with E-state index in [4.69, 9.17) is 10.1 Å². The van der Waals surface area contributed by atoms with Crippen LogP contribution in [0.25, 0.3) is 0 Å². The molecule has 0 fully saturated rings. The predicted molar refractivity (Wildman–Crippen MR) is 62.5 cm³/mol. The summed E-state index contributed by atoms with van der Waals surface area (Å²) in [4.78, 5) is 8.13. The Morgan fingerprint density at radius 1 is 1.25 bits per heavy atom. The molecule has 1 aromatic carbocycles. The van der Waals surface area contributed by atoms with E-state index in [-0.39, 0.29) is 5.49 Å². The minimum absolute atomic E-state index is 0.0278. The summed E-state index contributed by atoms with van der Waals surface area (Å²) in [6.45, 7) is 4.41. The lowest BCUT2D eigenvalue weighted by Gasteiger charge is -2.01. The second-order valence-electron chi connectivity index (χ2n) is 3.22. The molecule has 0 atom stereocenters. The fourth-order valence-corrected chi connectivity index (χ4v) is 1.05. The molecule has 0 spiro atoms. The van der Waals surface area contributed by atoms with Gasteiger partial charge in [0.05, 0.1) is 4.92 Å². The average Bonchev–Trinajstić information content (AvgIpc) is 2.17. The third kappa shape index (κ3) is 7.69. The first-order valence-corrected chi connectivity index (χ1v) is 5.68. The largest absolute Gasteiger partial charge is 0.351 e. The van der Waals surface area contributed by atoms with E-state index >= 15 is 0 Å². The number of nitro groups is 1. The molecular weight excluding hydrogens is 230 g/mol. The van der Waals surface area contributed by atoms with Crippen molar-refractivity contribution < 1.29 is 13.3 Å². The van der Waals surface area contributed by atoms with E-state index in [9.17, 15) is 8.42 Å². The molecule has 6 heteroatoms. The summed E-state index contributed by atoms with van der Waals surface area (Å²) in [6, 6.07) is 10.5. The van der Waals surface area contributed by atoms with Crippen LogP contribution in [-0.2, 0) is 10.3 Å². The van der Waals surface area contributed by atoms with Crippen molar-refractivity contribution in [1.29, 1.82) is 0 Å². The fourth-order valence-electron chi connectivity index (χ4n) is 0.908. The van der Waals surface area contributed by atoms with Gasteiger partial charge < -0.3 is 0 Å². The third-order valence-corrected chi connectivity index (χ3v) is 1.98. The Bertz CT molecular complexity index is 443. The molecular formula is C10H13NO4S. The summed E-state index contributed by atoms with van der Waals surface area (Å²) in [5.41, 5.74) is 1.39. The number of benzene rings is 1. The molecule has 0 aliphatic rings. The van der Waals surface area contributed by atoms with Crippen molar-refractivity contribution in [3.8, 4) is 0 Å². The van der Waals surface area contributed by atoms with Gasteiger partial charge in [0.2, 0.25) is 0 Å². The van der Waals surface area contributed by atoms with Gasteiger partial charge in [-0.15, -0.1) is 0 Å².